The number of hydrogen-bond donors (Lipinski definition) is 0. The first-order chi connectivity index (χ1) is 3.81. The Hall–Kier alpha value is -0.270. The van der Waals surface area contributed by atoms with E-state index in [1.165, 1.54) is 6.07 Å². The summed E-state index contributed by atoms with van der Waals surface area (Å²) in [4.78, 5) is 0. The van der Waals surface area contributed by atoms with E-state index in [1.807, 2.05) is 0 Å². The van der Waals surface area contributed by atoms with Gasteiger partial charge in [-0.15, -0.1) is 0 Å². The summed E-state index contributed by atoms with van der Waals surface area (Å²) in [6.45, 7) is 1.14. The maximum atomic E-state index is 10.5. The van der Waals surface area contributed by atoms with Crippen molar-refractivity contribution in [3.05, 3.63) is 0 Å². The minimum Gasteiger partial charge on any atom is -0.226 e. The van der Waals surface area contributed by atoms with E-state index in [-0.39, 0.29) is 0 Å². The summed E-state index contributed by atoms with van der Waals surface area (Å²) in [7, 11) is -3.45. The van der Waals surface area contributed by atoms with Gasteiger partial charge in [-0.2, -0.15) is 5.26 Å². The van der Waals surface area contributed by atoms with Gasteiger partial charge in [-0.05, 0) is 6.92 Å². The molecular weight excluding hydrogens is 162 g/mol. The van der Waals surface area contributed by atoms with Crippen LogP contribution >= 0.6 is 11.6 Å². The molecule has 3 nitrogen and oxygen atoms in total. The van der Waals surface area contributed by atoms with Crippen LogP contribution in [0.15, 0.2) is 0 Å². The number of nitrogens with zero attached hydrogens (tertiary/aromatic N) is 1. The van der Waals surface area contributed by atoms with Crippen LogP contribution in [0.5, 0.6) is 0 Å². The molecule has 0 spiro atoms. The summed E-state index contributed by atoms with van der Waals surface area (Å²) in [6, 6.07) is 1.46. The van der Waals surface area contributed by atoms with Crippen molar-refractivity contribution in [3.8, 4) is 6.07 Å². The average Bonchev–Trinajstić information content (AvgIpc) is 1.64. The van der Waals surface area contributed by atoms with E-state index in [1.54, 1.807) is 0 Å². The number of hydrogen-bond acceptors (Lipinski definition) is 3. The van der Waals surface area contributed by atoms with E-state index in [0.717, 1.165) is 13.2 Å². The third-order valence-corrected chi connectivity index (χ3v) is 3.31. The van der Waals surface area contributed by atoms with Crippen LogP contribution in [0.3, 0.4) is 0 Å². The number of halogens is 1. The van der Waals surface area contributed by atoms with Crippen LogP contribution in [0.4, 0.5) is 0 Å². The maximum absolute atomic E-state index is 10.5. The average molecular weight is 168 g/mol. The summed E-state index contributed by atoms with van der Waals surface area (Å²) >= 11 is 5.25. The minimum absolute atomic E-state index is 0.920. The molecule has 0 radical (unpaired) electrons. The Labute approximate surface area is 59.2 Å². The van der Waals surface area contributed by atoms with Crippen LogP contribution in [0.1, 0.15) is 6.92 Å². The number of nitriles is 1. The molecule has 0 rings (SSSR count). The third kappa shape index (κ3) is 1.84. The first kappa shape index (κ1) is 8.73. The quantitative estimate of drug-likeness (QED) is 0.535. The van der Waals surface area contributed by atoms with Crippen LogP contribution in [0.25, 0.3) is 0 Å². The Morgan fingerprint density at radius 2 is 2.00 bits per heavy atom. The molecule has 0 N–H and O–H groups in total. The highest BCUT2D eigenvalue weighted by atomic mass is 35.5. The number of rotatable bonds is 1. The van der Waals surface area contributed by atoms with Crippen molar-refractivity contribution in [1.82, 2.24) is 0 Å². The molecule has 5 heteroatoms. The number of sulfone groups is 1. The Morgan fingerprint density at radius 1 is 1.67 bits per heavy atom. The van der Waals surface area contributed by atoms with Gasteiger partial charge in [-0.3, -0.25) is 0 Å². The van der Waals surface area contributed by atoms with Gasteiger partial charge in [0.15, 0.2) is 9.84 Å². The van der Waals surface area contributed by atoms with Crippen LogP contribution in [0, 0.1) is 11.3 Å². The van der Waals surface area contributed by atoms with Gasteiger partial charge in [0.05, 0.1) is 0 Å². The molecule has 0 aliphatic carbocycles. The van der Waals surface area contributed by atoms with Crippen LogP contribution in [-0.2, 0) is 9.84 Å². The van der Waals surface area contributed by atoms with Crippen molar-refractivity contribution < 1.29 is 8.42 Å². The Kier molecular flexibility index (Phi) is 2.10. The molecule has 0 fully saturated rings. The molecule has 52 valence electrons. The normalized spacial score (nSPS) is 18.0. The molecule has 0 saturated carbocycles. The predicted octanol–water partition coefficient (Wildman–Crippen LogP) is 0.510. The van der Waals surface area contributed by atoms with Crippen molar-refractivity contribution >= 4 is 21.4 Å². The highest BCUT2D eigenvalue weighted by Crippen LogP contribution is 2.18. The molecule has 0 bridgehead atoms. The lowest BCUT2D eigenvalue weighted by atomic mass is 10.5. The van der Waals surface area contributed by atoms with Gasteiger partial charge >= 0.3 is 0 Å². The summed E-state index contributed by atoms with van der Waals surface area (Å²) in [5.74, 6) is 0. The van der Waals surface area contributed by atoms with E-state index in [0.29, 0.717) is 0 Å². The van der Waals surface area contributed by atoms with Gasteiger partial charge in [-0.1, -0.05) is 11.6 Å². The lowest BCUT2D eigenvalue weighted by molar-refractivity contribution is 0.593. The molecule has 0 heterocycles. The lowest BCUT2D eigenvalue weighted by Crippen LogP contribution is -2.25. The second-order valence-corrected chi connectivity index (χ2v) is 5.14. The van der Waals surface area contributed by atoms with Crippen molar-refractivity contribution in [2.45, 2.75) is 11.1 Å². The molecule has 0 amide bonds. The fraction of sp³-hybridized carbons (Fsp3) is 0.750. The smallest absolute Gasteiger partial charge is 0.226 e. The summed E-state index contributed by atoms with van der Waals surface area (Å²) in [6.07, 6.45) is 0.920. The first-order valence-corrected chi connectivity index (χ1v) is 4.38. The van der Waals surface area contributed by atoms with Gasteiger partial charge < -0.3 is 0 Å². The van der Waals surface area contributed by atoms with Crippen molar-refractivity contribution in [2.75, 3.05) is 6.26 Å². The summed E-state index contributed by atoms with van der Waals surface area (Å²) < 4.78 is 19.3. The molecule has 0 unspecified atom stereocenters. The minimum atomic E-state index is -3.45. The summed E-state index contributed by atoms with van der Waals surface area (Å²) in [5, 5.41) is 8.17. The van der Waals surface area contributed by atoms with Gasteiger partial charge in [0.2, 0.25) is 4.21 Å². The fourth-order valence-electron chi connectivity index (χ4n) is 0.0829. The fourth-order valence-corrected chi connectivity index (χ4v) is 0.249. The maximum Gasteiger partial charge on any atom is 0.227 e. The summed E-state index contributed by atoms with van der Waals surface area (Å²) in [5.41, 5.74) is 0. The second kappa shape index (κ2) is 2.16. The highest BCUT2D eigenvalue weighted by Gasteiger charge is 2.32. The number of alkyl halides is 1. The predicted molar refractivity (Wildman–Crippen MR) is 34.7 cm³/mol. The molecule has 0 aliphatic heterocycles. The molecule has 0 aromatic rings. The zero-order valence-electron chi connectivity index (χ0n) is 5.05. The molecule has 0 aromatic heterocycles. The molecule has 0 aliphatic rings. The lowest BCUT2D eigenvalue weighted by Gasteiger charge is -2.07. The van der Waals surface area contributed by atoms with Crippen molar-refractivity contribution in [1.29, 1.82) is 5.26 Å². The van der Waals surface area contributed by atoms with Crippen LogP contribution in [0.2, 0.25) is 0 Å². The van der Waals surface area contributed by atoms with Gasteiger partial charge in [0.25, 0.3) is 0 Å². The van der Waals surface area contributed by atoms with E-state index in [9.17, 15) is 8.42 Å². The topological polar surface area (TPSA) is 57.9 Å². The third-order valence-electron chi connectivity index (χ3n) is 0.896. The molecule has 0 saturated heterocycles. The standard InChI is InChI=1S/C4H6ClNO2S/c1-4(5,3-6)9(2,7)8/h1-2H3/t4-/m1/s1. The largest absolute Gasteiger partial charge is 0.227 e. The van der Waals surface area contributed by atoms with Crippen molar-refractivity contribution in [2.24, 2.45) is 0 Å². The van der Waals surface area contributed by atoms with Crippen LogP contribution < -0.4 is 0 Å². The monoisotopic (exact) mass is 167 g/mol. The zero-order chi connectivity index (χ0) is 7.71. The zero-order valence-corrected chi connectivity index (χ0v) is 6.62. The van der Waals surface area contributed by atoms with E-state index in [4.69, 9.17) is 16.9 Å². The highest BCUT2D eigenvalue weighted by molar-refractivity contribution is 7.93. The molecule has 1 atom stereocenters. The van der Waals surface area contributed by atoms with Crippen molar-refractivity contribution in [3.63, 3.8) is 0 Å². The van der Waals surface area contributed by atoms with Crippen LogP contribution in [-0.4, -0.2) is 18.9 Å². The molecular formula is C4H6ClNO2S. The van der Waals surface area contributed by atoms with Gasteiger partial charge in [0, 0.05) is 6.26 Å². The first-order valence-electron chi connectivity index (χ1n) is 2.11. The van der Waals surface area contributed by atoms with E-state index >= 15 is 0 Å². The Morgan fingerprint density at radius 3 is 2.00 bits per heavy atom. The molecule has 9 heavy (non-hydrogen) atoms. The second-order valence-electron chi connectivity index (χ2n) is 1.80. The Bertz CT molecular complexity index is 236. The SMILES string of the molecule is C[C@](Cl)(C#N)S(C)(=O)=O. The molecule has 0 aromatic carbocycles. The van der Waals surface area contributed by atoms with Gasteiger partial charge in [-0.25, -0.2) is 8.42 Å². The van der Waals surface area contributed by atoms with Gasteiger partial charge in [0.1, 0.15) is 6.07 Å². The Balaban J connectivity index is 4.85. The van der Waals surface area contributed by atoms with E-state index in [2.05, 4.69) is 0 Å². The van der Waals surface area contributed by atoms with E-state index < -0.39 is 14.0 Å².